The van der Waals surface area contributed by atoms with Gasteiger partial charge in [-0.25, -0.2) is 0 Å². The molecule has 110 valence electrons. The first kappa shape index (κ1) is 14.8. The molecule has 0 spiro atoms. The third kappa shape index (κ3) is 3.37. The topological polar surface area (TPSA) is 32.3 Å². The molecule has 0 saturated carbocycles. The highest BCUT2D eigenvalue weighted by molar-refractivity contribution is 9.10. The van der Waals surface area contributed by atoms with E-state index in [9.17, 15) is 5.11 Å². The van der Waals surface area contributed by atoms with E-state index in [1.165, 1.54) is 21.2 Å². The van der Waals surface area contributed by atoms with Gasteiger partial charge in [0.15, 0.2) is 0 Å². The van der Waals surface area contributed by atoms with Crippen LogP contribution in [0.5, 0.6) is 0 Å². The van der Waals surface area contributed by atoms with Crippen LogP contribution in [0.2, 0.25) is 0 Å². The molecule has 0 aromatic heterocycles. The number of aliphatic hydroxyl groups is 1. The lowest BCUT2D eigenvalue weighted by molar-refractivity contribution is 0.230. The van der Waals surface area contributed by atoms with Gasteiger partial charge in [0.05, 0.1) is 6.61 Å². The molecule has 0 bridgehead atoms. The van der Waals surface area contributed by atoms with E-state index < -0.39 is 0 Å². The van der Waals surface area contributed by atoms with Gasteiger partial charge in [-0.05, 0) is 42.0 Å². The molecule has 3 rings (SSSR count). The molecule has 0 radical (unpaired) electrons. The second-order valence-corrected chi connectivity index (χ2v) is 6.49. The highest BCUT2D eigenvalue weighted by Crippen LogP contribution is 2.35. The first-order chi connectivity index (χ1) is 10.3. The molecular formula is C18H20BrNO. The summed E-state index contributed by atoms with van der Waals surface area (Å²) in [4.78, 5) is 0. The molecule has 2 atom stereocenters. The van der Waals surface area contributed by atoms with Crippen molar-refractivity contribution >= 4 is 15.9 Å². The molecule has 0 fully saturated rings. The fourth-order valence-corrected chi connectivity index (χ4v) is 3.72. The molecule has 2 aromatic rings. The van der Waals surface area contributed by atoms with Crippen LogP contribution in [0.3, 0.4) is 0 Å². The summed E-state index contributed by atoms with van der Waals surface area (Å²) in [5.74, 6) is 0. The summed E-state index contributed by atoms with van der Waals surface area (Å²) in [5.41, 5.74) is 4.04. The van der Waals surface area contributed by atoms with Crippen molar-refractivity contribution in [2.45, 2.75) is 31.3 Å². The summed E-state index contributed by atoms with van der Waals surface area (Å²) < 4.78 is 1.20. The normalized spacial score (nSPS) is 18.5. The van der Waals surface area contributed by atoms with E-state index in [1.54, 1.807) is 0 Å². The molecule has 2 nitrogen and oxygen atoms in total. The quantitative estimate of drug-likeness (QED) is 0.867. The zero-order chi connectivity index (χ0) is 14.7. The summed E-state index contributed by atoms with van der Waals surface area (Å²) in [6.45, 7) is 0.161. The largest absolute Gasteiger partial charge is 0.395 e. The van der Waals surface area contributed by atoms with Gasteiger partial charge >= 0.3 is 0 Å². The number of rotatable bonds is 5. The van der Waals surface area contributed by atoms with Crippen molar-refractivity contribution in [3.63, 3.8) is 0 Å². The van der Waals surface area contributed by atoms with Gasteiger partial charge < -0.3 is 10.4 Å². The van der Waals surface area contributed by atoms with Gasteiger partial charge in [-0.2, -0.15) is 0 Å². The van der Waals surface area contributed by atoms with Gasteiger partial charge in [0.25, 0.3) is 0 Å². The molecule has 2 aromatic carbocycles. The number of benzene rings is 2. The van der Waals surface area contributed by atoms with E-state index in [0.29, 0.717) is 6.04 Å². The summed E-state index contributed by atoms with van der Waals surface area (Å²) >= 11 is 3.63. The first-order valence-corrected chi connectivity index (χ1v) is 8.25. The van der Waals surface area contributed by atoms with Gasteiger partial charge in [-0.3, -0.25) is 0 Å². The maximum Gasteiger partial charge on any atom is 0.0588 e. The average molecular weight is 346 g/mol. The monoisotopic (exact) mass is 345 g/mol. The van der Waals surface area contributed by atoms with Crippen molar-refractivity contribution < 1.29 is 5.11 Å². The molecule has 0 saturated heterocycles. The standard InChI is InChI=1S/C18H20BrNO/c19-17-8-4-7-16-15(17)9-10-18(16)20-14(12-21)11-13-5-2-1-3-6-13/h1-8,14,18,20-21H,9-12H2/t14-,18?/m1/s1. The Morgan fingerprint density at radius 1 is 1.14 bits per heavy atom. The highest BCUT2D eigenvalue weighted by atomic mass is 79.9. The van der Waals surface area contributed by atoms with Crippen LogP contribution in [-0.4, -0.2) is 17.8 Å². The number of fused-ring (bicyclic) bond motifs is 1. The molecule has 1 aliphatic carbocycles. The fraction of sp³-hybridized carbons (Fsp3) is 0.333. The van der Waals surface area contributed by atoms with Crippen molar-refractivity contribution in [3.05, 3.63) is 69.7 Å². The summed E-state index contributed by atoms with van der Waals surface area (Å²) in [7, 11) is 0. The zero-order valence-corrected chi connectivity index (χ0v) is 13.5. The Hall–Kier alpha value is -1.16. The number of nitrogens with one attached hydrogen (secondary N) is 1. The van der Waals surface area contributed by atoms with Crippen molar-refractivity contribution in [2.75, 3.05) is 6.61 Å². The first-order valence-electron chi connectivity index (χ1n) is 7.46. The number of hydrogen-bond acceptors (Lipinski definition) is 2. The molecule has 1 aliphatic rings. The van der Waals surface area contributed by atoms with Gasteiger partial charge in [0, 0.05) is 16.6 Å². The van der Waals surface area contributed by atoms with E-state index in [0.717, 1.165) is 19.3 Å². The minimum absolute atomic E-state index is 0.0994. The van der Waals surface area contributed by atoms with Crippen LogP contribution in [-0.2, 0) is 12.8 Å². The van der Waals surface area contributed by atoms with Gasteiger partial charge in [0.1, 0.15) is 0 Å². The molecule has 21 heavy (non-hydrogen) atoms. The van der Waals surface area contributed by atoms with Crippen LogP contribution in [0.4, 0.5) is 0 Å². The van der Waals surface area contributed by atoms with E-state index >= 15 is 0 Å². The lowest BCUT2D eigenvalue weighted by Gasteiger charge is -2.22. The SMILES string of the molecule is OC[C@@H](Cc1ccccc1)NC1CCc2c(Br)cccc21. The Labute approximate surface area is 134 Å². The Balaban J connectivity index is 1.70. The van der Waals surface area contributed by atoms with Crippen LogP contribution < -0.4 is 5.32 Å². The molecule has 3 heteroatoms. The molecular weight excluding hydrogens is 326 g/mol. The second-order valence-electron chi connectivity index (χ2n) is 5.63. The van der Waals surface area contributed by atoms with Crippen molar-refractivity contribution in [3.8, 4) is 0 Å². The van der Waals surface area contributed by atoms with Crippen molar-refractivity contribution in [1.82, 2.24) is 5.32 Å². The van der Waals surface area contributed by atoms with E-state index in [1.807, 2.05) is 18.2 Å². The number of hydrogen-bond donors (Lipinski definition) is 2. The smallest absolute Gasteiger partial charge is 0.0588 e. The lowest BCUT2D eigenvalue weighted by atomic mass is 10.0. The van der Waals surface area contributed by atoms with Crippen molar-refractivity contribution in [1.29, 1.82) is 0 Å². The maximum atomic E-state index is 9.68. The zero-order valence-electron chi connectivity index (χ0n) is 11.9. The third-order valence-electron chi connectivity index (χ3n) is 4.20. The van der Waals surface area contributed by atoms with E-state index in [2.05, 4.69) is 51.6 Å². The van der Waals surface area contributed by atoms with Crippen LogP contribution in [0, 0.1) is 0 Å². The molecule has 0 aliphatic heterocycles. The van der Waals surface area contributed by atoms with Crippen molar-refractivity contribution in [2.24, 2.45) is 0 Å². The highest BCUT2D eigenvalue weighted by Gasteiger charge is 2.25. The van der Waals surface area contributed by atoms with Crippen LogP contribution in [0.25, 0.3) is 0 Å². The number of aliphatic hydroxyl groups excluding tert-OH is 1. The second kappa shape index (κ2) is 6.73. The Kier molecular flexibility index (Phi) is 4.73. The maximum absolute atomic E-state index is 9.68. The number of halogens is 1. The predicted octanol–water partition coefficient (Wildman–Crippen LogP) is 3.63. The van der Waals surface area contributed by atoms with Crippen LogP contribution >= 0.6 is 15.9 Å². The lowest BCUT2D eigenvalue weighted by Crippen LogP contribution is -2.36. The molecule has 1 unspecified atom stereocenters. The van der Waals surface area contributed by atoms with E-state index in [-0.39, 0.29) is 12.6 Å². The summed E-state index contributed by atoms with van der Waals surface area (Å²) in [6, 6.07) is 17.2. The van der Waals surface area contributed by atoms with E-state index in [4.69, 9.17) is 0 Å². The minimum Gasteiger partial charge on any atom is -0.395 e. The van der Waals surface area contributed by atoms with Gasteiger partial charge in [-0.15, -0.1) is 0 Å². The van der Waals surface area contributed by atoms with Crippen LogP contribution in [0.1, 0.15) is 29.2 Å². The Morgan fingerprint density at radius 3 is 2.71 bits per heavy atom. The minimum atomic E-state index is 0.0994. The van der Waals surface area contributed by atoms with Crippen LogP contribution in [0.15, 0.2) is 53.0 Å². The molecule has 0 amide bonds. The third-order valence-corrected chi connectivity index (χ3v) is 4.94. The Bertz CT molecular complexity index is 599. The summed E-state index contributed by atoms with van der Waals surface area (Å²) in [6.07, 6.45) is 3.05. The van der Waals surface area contributed by atoms with Gasteiger partial charge in [-0.1, -0.05) is 58.4 Å². The molecule has 2 N–H and O–H groups in total. The summed E-state index contributed by atoms with van der Waals surface area (Å²) in [5, 5.41) is 13.3. The Morgan fingerprint density at radius 2 is 1.95 bits per heavy atom. The van der Waals surface area contributed by atoms with Gasteiger partial charge in [0.2, 0.25) is 0 Å². The predicted molar refractivity (Wildman–Crippen MR) is 89.4 cm³/mol. The molecule has 0 heterocycles. The average Bonchev–Trinajstić information content (AvgIpc) is 2.92. The fourth-order valence-electron chi connectivity index (χ4n) is 3.14.